The van der Waals surface area contributed by atoms with Crippen molar-refractivity contribution in [1.82, 2.24) is 0 Å². The van der Waals surface area contributed by atoms with Gasteiger partial charge in [0, 0.05) is 18.2 Å². The molecule has 110 valence electrons. The van der Waals surface area contributed by atoms with Gasteiger partial charge in [-0.25, -0.2) is 8.78 Å². The van der Waals surface area contributed by atoms with Gasteiger partial charge in [0.15, 0.2) is 5.75 Å². The molecule has 0 unspecified atom stereocenters. The van der Waals surface area contributed by atoms with Gasteiger partial charge in [-0.15, -0.1) is 0 Å². The molecule has 7 heteroatoms. The van der Waals surface area contributed by atoms with Gasteiger partial charge in [-0.2, -0.15) is 13.2 Å². The minimum Gasteiger partial charge on any atom is -0.357 e. The second-order valence-electron chi connectivity index (χ2n) is 4.05. The molecule has 0 bridgehead atoms. The van der Waals surface area contributed by atoms with E-state index in [1.165, 1.54) is 12.1 Å². The third kappa shape index (κ3) is 4.27. The fourth-order valence-electron chi connectivity index (χ4n) is 1.52. The van der Waals surface area contributed by atoms with Crippen LogP contribution < -0.4 is 4.84 Å². The smallest absolute Gasteiger partial charge is 0.357 e. The molecule has 0 saturated heterocycles. The molecule has 0 saturated carbocycles. The minimum atomic E-state index is -4.46. The lowest BCUT2D eigenvalue weighted by Crippen LogP contribution is -2.05. The fourth-order valence-corrected chi connectivity index (χ4v) is 1.52. The van der Waals surface area contributed by atoms with E-state index in [-0.39, 0.29) is 11.3 Å². The Hall–Kier alpha value is -2.44. The summed E-state index contributed by atoms with van der Waals surface area (Å²) in [5.41, 5.74) is -0.690. The van der Waals surface area contributed by atoms with E-state index in [1.807, 2.05) is 0 Å². The standard InChI is InChI=1S/C14H8F5NO/c15-11-5-12(16)7-13(6-11)21-20-8-9-2-1-3-10(4-9)14(17,18)19/h1-8H/b20-8+. The monoisotopic (exact) mass is 301 g/mol. The van der Waals surface area contributed by atoms with Gasteiger partial charge < -0.3 is 4.84 Å². The van der Waals surface area contributed by atoms with E-state index in [4.69, 9.17) is 4.84 Å². The lowest BCUT2D eigenvalue weighted by atomic mass is 10.1. The van der Waals surface area contributed by atoms with Gasteiger partial charge in [0.25, 0.3) is 0 Å². The Morgan fingerprint density at radius 1 is 0.952 bits per heavy atom. The van der Waals surface area contributed by atoms with Crippen molar-refractivity contribution in [3.8, 4) is 5.75 Å². The zero-order valence-electron chi connectivity index (χ0n) is 10.4. The van der Waals surface area contributed by atoms with Crippen molar-refractivity contribution in [3.05, 3.63) is 65.2 Å². The maximum absolute atomic E-state index is 12.9. The van der Waals surface area contributed by atoms with Gasteiger partial charge in [0.2, 0.25) is 0 Å². The average molecular weight is 301 g/mol. The number of rotatable bonds is 3. The molecule has 0 aliphatic carbocycles. The maximum atomic E-state index is 12.9. The molecular formula is C14H8F5NO. The number of hydrogen-bond donors (Lipinski definition) is 0. The number of halogens is 5. The van der Waals surface area contributed by atoms with Crippen LogP contribution in [0.15, 0.2) is 47.6 Å². The first-order chi connectivity index (χ1) is 9.84. The fraction of sp³-hybridized carbons (Fsp3) is 0.0714. The summed E-state index contributed by atoms with van der Waals surface area (Å²) in [7, 11) is 0. The van der Waals surface area contributed by atoms with Gasteiger partial charge in [0.1, 0.15) is 11.6 Å². The third-order valence-electron chi connectivity index (χ3n) is 2.41. The molecule has 0 aliphatic rings. The maximum Gasteiger partial charge on any atom is 0.416 e. The molecule has 0 atom stereocenters. The van der Waals surface area contributed by atoms with Crippen molar-refractivity contribution in [2.45, 2.75) is 6.18 Å². The number of alkyl halides is 3. The summed E-state index contributed by atoms with van der Waals surface area (Å²) in [6.07, 6.45) is -3.45. The van der Waals surface area contributed by atoms with Crippen LogP contribution in [0, 0.1) is 11.6 Å². The van der Waals surface area contributed by atoms with E-state index in [0.717, 1.165) is 30.5 Å². The first kappa shape index (κ1) is 15.0. The van der Waals surface area contributed by atoms with Gasteiger partial charge in [-0.1, -0.05) is 17.3 Å². The second-order valence-corrected chi connectivity index (χ2v) is 4.05. The molecule has 0 heterocycles. The van der Waals surface area contributed by atoms with E-state index in [1.54, 1.807) is 0 Å². The van der Waals surface area contributed by atoms with Crippen LogP contribution in [0.25, 0.3) is 0 Å². The van der Waals surface area contributed by atoms with Crippen LogP contribution in [0.3, 0.4) is 0 Å². The predicted molar refractivity (Wildman–Crippen MR) is 66.0 cm³/mol. The largest absolute Gasteiger partial charge is 0.416 e. The zero-order chi connectivity index (χ0) is 15.5. The van der Waals surface area contributed by atoms with Crippen molar-refractivity contribution in [3.63, 3.8) is 0 Å². The molecular weight excluding hydrogens is 293 g/mol. The lowest BCUT2D eigenvalue weighted by Gasteiger charge is -2.06. The summed E-state index contributed by atoms with van der Waals surface area (Å²) >= 11 is 0. The highest BCUT2D eigenvalue weighted by molar-refractivity contribution is 5.79. The van der Waals surface area contributed by atoms with E-state index in [0.29, 0.717) is 6.07 Å². The highest BCUT2D eigenvalue weighted by atomic mass is 19.4. The molecule has 0 radical (unpaired) electrons. The van der Waals surface area contributed by atoms with Gasteiger partial charge in [-0.3, -0.25) is 0 Å². The predicted octanol–water partition coefficient (Wildman–Crippen LogP) is 4.40. The molecule has 0 aliphatic heterocycles. The first-order valence-corrected chi connectivity index (χ1v) is 5.68. The van der Waals surface area contributed by atoms with Gasteiger partial charge in [-0.05, 0) is 17.7 Å². The van der Waals surface area contributed by atoms with E-state index in [9.17, 15) is 22.0 Å². The van der Waals surface area contributed by atoms with Crippen molar-refractivity contribution >= 4 is 6.21 Å². The molecule has 2 aromatic carbocycles. The SMILES string of the molecule is Fc1cc(F)cc(O/N=C/c2cccc(C(F)(F)F)c2)c1. The molecule has 0 fully saturated rings. The Morgan fingerprint density at radius 3 is 2.24 bits per heavy atom. The van der Waals surface area contributed by atoms with Crippen LogP contribution in [-0.4, -0.2) is 6.21 Å². The summed E-state index contributed by atoms with van der Waals surface area (Å²) in [6.45, 7) is 0. The third-order valence-corrected chi connectivity index (χ3v) is 2.41. The van der Waals surface area contributed by atoms with Crippen LogP contribution >= 0.6 is 0 Å². The Bertz CT molecular complexity index is 646. The summed E-state index contributed by atoms with van der Waals surface area (Å²) in [5, 5.41) is 3.39. The van der Waals surface area contributed by atoms with Gasteiger partial charge in [0.05, 0.1) is 11.8 Å². The van der Waals surface area contributed by atoms with E-state index in [2.05, 4.69) is 5.16 Å². The normalized spacial score (nSPS) is 11.9. The molecule has 2 rings (SSSR count). The van der Waals surface area contributed by atoms with Gasteiger partial charge >= 0.3 is 6.18 Å². The van der Waals surface area contributed by atoms with Crippen LogP contribution in [0.5, 0.6) is 5.75 Å². The second kappa shape index (κ2) is 5.90. The molecule has 0 N–H and O–H groups in total. The van der Waals surface area contributed by atoms with Crippen molar-refractivity contribution < 1.29 is 26.8 Å². The molecule has 0 aromatic heterocycles. The Balaban J connectivity index is 2.11. The van der Waals surface area contributed by atoms with Crippen molar-refractivity contribution in [1.29, 1.82) is 0 Å². The highest BCUT2D eigenvalue weighted by Gasteiger charge is 2.30. The Kier molecular flexibility index (Phi) is 4.21. The molecule has 2 aromatic rings. The summed E-state index contributed by atoms with van der Waals surface area (Å²) < 4.78 is 63.2. The number of hydrogen-bond acceptors (Lipinski definition) is 2. The molecule has 21 heavy (non-hydrogen) atoms. The van der Waals surface area contributed by atoms with Crippen molar-refractivity contribution in [2.24, 2.45) is 5.16 Å². The number of nitrogens with zero attached hydrogens (tertiary/aromatic N) is 1. The van der Waals surface area contributed by atoms with E-state index < -0.39 is 23.4 Å². The summed E-state index contributed by atoms with van der Waals surface area (Å²) in [4.78, 5) is 4.71. The van der Waals surface area contributed by atoms with Crippen LogP contribution in [0.4, 0.5) is 22.0 Å². The lowest BCUT2D eigenvalue weighted by molar-refractivity contribution is -0.137. The van der Waals surface area contributed by atoms with E-state index >= 15 is 0 Å². The zero-order valence-corrected chi connectivity index (χ0v) is 10.4. The Morgan fingerprint density at radius 2 is 1.62 bits per heavy atom. The summed E-state index contributed by atoms with van der Waals surface area (Å²) in [6, 6.07) is 6.84. The summed E-state index contributed by atoms with van der Waals surface area (Å²) in [5.74, 6) is -1.89. The Labute approximate surface area is 116 Å². The number of oxime groups is 1. The van der Waals surface area contributed by atoms with Crippen LogP contribution in [-0.2, 0) is 6.18 Å². The molecule has 0 amide bonds. The molecule has 2 nitrogen and oxygen atoms in total. The minimum absolute atomic E-state index is 0.140. The first-order valence-electron chi connectivity index (χ1n) is 5.68. The topological polar surface area (TPSA) is 21.6 Å². The quantitative estimate of drug-likeness (QED) is 0.468. The van der Waals surface area contributed by atoms with Crippen LogP contribution in [0.1, 0.15) is 11.1 Å². The molecule has 0 spiro atoms. The van der Waals surface area contributed by atoms with Crippen molar-refractivity contribution in [2.75, 3.05) is 0 Å². The number of benzene rings is 2. The average Bonchev–Trinajstić information content (AvgIpc) is 2.37. The highest BCUT2D eigenvalue weighted by Crippen LogP contribution is 2.29. The van der Waals surface area contributed by atoms with Crippen LogP contribution in [0.2, 0.25) is 0 Å².